The van der Waals surface area contributed by atoms with Crippen molar-refractivity contribution in [2.75, 3.05) is 6.61 Å². The molecular weight excluding hydrogens is 212 g/mol. The number of ether oxygens (including phenoxy) is 1. The van der Waals surface area contributed by atoms with E-state index in [1.165, 1.54) is 6.42 Å². The molecule has 0 aliphatic heterocycles. The maximum absolute atomic E-state index is 5.90. The number of aromatic nitrogens is 1. The van der Waals surface area contributed by atoms with Gasteiger partial charge in [0.25, 0.3) is 0 Å². The van der Waals surface area contributed by atoms with E-state index >= 15 is 0 Å². The van der Waals surface area contributed by atoms with Crippen molar-refractivity contribution < 1.29 is 4.74 Å². The summed E-state index contributed by atoms with van der Waals surface area (Å²) >= 11 is 0. The van der Waals surface area contributed by atoms with E-state index in [4.69, 9.17) is 10.5 Å². The molecule has 0 amide bonds. The number of rotatable bonds is 7. The molecule has 0 aliphatic rings. The van der Waals surface area contributed by atoms with Crippen molar-refractivity contribution in [3.05, 3.63) is 24.0 Å². The molecule has 0 aromatic carbocycles. The number of hydrogen-bond acceptors (Lipinski definition) is 3. The van der Waals surface area contributed by atoms with Crippen molar-refractivity contribution in [1.82, 2.24) is 4.98 Å². The summed E-state index contributed by atoms with van der Waals surface area (Å²) < 4.78 is 5.62. The van der Waals surface area contributed by atoms with Crippen LogP contribution in [0, 0.1) is 5.92 Å². The van der Waals surface area contributed by atoms with Crippen molar-refractivity contribution in [1.29, 1.82) is 0 Å². The maximum atomic E-state index is 5.90. The molecular formula is C14H24N2O. The van der Waals surface area contributed by atoms with Gasteiger partial charge in [0.15, 0.2) is 0 Å². The van der Waals surface area contributed by atoms with Gasteiger partial charge in [-0.1, -0.05) is 20.8 Å². The first-order valence-electron chi connectivity index (χ1n) is 6.47. The molecule has 0 radical (unpaired) electrons. The first-order valence-corrected chi connectivity index (χ1v) is 6.47. The van der Waals surface area contributed by atoms with Gasteiger partial charge in [0.2, 0.25) is 0 Å². The van der Waals surface area contributed by atoms with E-state index in [1.807, 2.05) is 12.1 Å². The summed E-state index contributed by atoms with van der Waals surface area (Å²) in [6, 6.07) is 3.93. The van der Waals surface area contributed by atoms with Crippen LogP contribution in [0.2, 0.25) is 0 Å². The van der Waals surface area contributed by atoms with Crippen molar-refractivity contribution >= 4 is 0 Å². The maximum Gasteiger partial charge on any atom is 0.137 e. The van der Waals surface area contributed by atoms with Gasteiger partial charge in [0.1, 0.15) is 5.75 Å². The van der Waals surface area contributed by atoms with Crippen LogP contribution in [0.3, 0.4) is 0 Å². The van der Waals surface area contributed by atoms with E-state index < -0.39 is 0 Å². The van der Waals surface area contributed by atoms with E-state index in [0.29, 0.717) is 0 Å². The Kier molecular flexibility index (Phi) is 5.98. The summed E-state index contributed by atoms with van der Waals surface area (Å²) in [5.41, 5.74) is 6.83. The lowest BCUT2D eigenvalue weighted by atomic mass is 10.1. The minimum Gasteiger partial charge on any atom is -0.492 e. The Morgan fingerprint density at radius 3 is 2.65 bits per heavy atom. The van der Waals surface area contributed by atoms with Gasteiger partial charge in [-0.25, -0.2) is 0 Å². The van der Waals surface area contributed by atoms with E-state index in [-0.39, 0.29) is 6.04 Å². The van der Waals surface area contributed by atoms with Gasteiger partial charge in [0.05, 0.1) is 18.5 Å². The van der Waals surface area contributed by atoms with Crippen LogP contribution in [0.15, 0.2) is 18.3 Å². The molecule has 0 fully saturated rings. The molecule has 0 aliphatic carbocycles. The zero-order valence-corrected chi connectivity index (χ0v) is 11.1. The molecule has 0 saturated carbocycles. The summed E-state index contributed by atoms with van der Waals surface area (Å²) in [5.74, 6) is 1.57. The molecule has 17 heavy (non-hydrogen) atoms. The molecule has 2 N–H and O–H groups in total. The number of nitrogens with zero attached hydrogens (tertiary/aromatic N) is 1. The Labute approximate surface area is 104 Å². The minimum absolute atomic E-state index is 0.0324. The van der Waals surface area contributed by atoms with E-state index in [0.717, 1.165) is 36.8 Å². The Balaban J connectivity index is 2.35. The normalized spacial score (nSPS) is 12.8. The van der Waals surface area contributed by atoms with E-state index in [9.17, 15) is 0 Å². The van der Waals surface area contributed by atoms with Crippen LogP contribution in [0.5, 0.6) is 5.75 Å². The highest BCUT2D eigenvalue weighted by molar-refractivity contribution is 5.21. The molecule has 1 rings (SSSR count). The van der Waals surface area contributed by atoms with Gasteiger partial charge in [-0.2, -0.15) is 0 Å². The SMILES string of the molecule is CC[C@H](N)c1ccc(OCCCC(C)C)cn1. The molecule has 0 unspecified atom stereocenters. The Morgan fingerprint density at radius 2 is 2.12 bits per heavy atom. The number of hydrogen-bond donors (Lipinski definition) is 1. The van der Waals surface area contributed by atoms with Crippen molar-refractivity contribution in [2.24, 2.45) is 11.7 Å². The zero-order valence-electron chi connectivity index (χ0n) is 11.1. The molecule has 1 atom stereocenters. The average Bonchev–Trinajstić information content (AvgIpc) is 2.34. The van der Waals surface area contributed by atoms with Gasteiger partial charge in [-0.05, 0) is 37.3 Å². The predicted octanol–water partition coefficient (Wildman–Crippen LogP) is 3.31. The monoisotopic (exact) mass is 236 g/mol. The van der Waals surface area contributed by atoms with E-state index in [1.54, 1.807) is 6.20 Å². The Morgan fingerprint density at radius 1 is 1.35 bits per heavy atom. The second-order valence-corrected chi connectivity index (χ2v) is 4.82. The summed E-state index contributed by atoms with van der Waals surface area (Å²) in [6.45, 7) is 7.27. The molecule has 3 nitrogen and oxygen atoms in total. The predicted molar refractivity (Wildman–Crippen MR) is 71.0 cm³/mol. The second-order valence-electron chi connectivity index (χ2n) is 4.82. The van der Waals surface area contributed by atoms with Gasteiger partial charge in [0, 0.05) is 6.04 Å². The lowest BCUT2D eigenvalue weighted by Gasteiger charge is -2.10. The minimum atomic E-state index is 0.0324. The third-order valence-electron chi connectivity index (χ3n) is 2.77. The fourth-order valence-electron chi connectivity index (χ4n) is 1.59. The number of pyridine rings is 1. The summed E-state index contributed by atoms with van der Waals surface area (Å²) in [7, 11) is 0. The topological polar surface area (TPSA) is 48.1 Å². The fraction of sp³-hybridized carbons (Fsp3) is 0.643. The Bertz CT molecular complexity index is 309. The fourth-order valence-corrected chi connectivity index (χ4v) is 1.59. The molecule has 0 spiro atoms. The molecule has 1 aromatic heterocycles. The highest BCUT2D eigenvalue weighted by Gasteiger charge is 2.04. The quantitative estimate of drug-likeness (QED) is 0.739. The molecule has 1 aromatic rings. The van der Waals surface area contributed by atoms with Crippen LogP contribution in [-0.2, 0) is 0 Å². The first-order chi connectivity index (χ1) is 8.13. The van der Waals surface area contributed by atoms with E-state index in [2.05, 4.69) is 25.8 Å². The van der Waals surface area contributed by atoms with Crippen molar-refractivity contribution in [3.8, 4) is 5.75 Å². The van der Waals surface area contributed by atoms with Crippen LogP contribution >= 0.6 is 0 Å². The van der Waals surface area contributed by atoms with Crippen LogP contribution in [0.4, 0.5) is 0 Å². The Hall–Kier alpha value is -1.09. The smallest absolute Gasteiger partial charge is 0.137 e. The van der Waals surface area contributed by atoms with Crippen molar-refractivity contribution in [2.45, 2.75) is 46.1 Å². The third kappa shape index (κ3) is 5.18. The van der Waals surface area contributed by atoms with Gasteiger partial charge in [-0.15, -0.1) is 0 Å². The van der Waals surface area contributed by atoms with Crippen molar-refractivity contribution in [3.63, 3.8) is 0 Å². The summed E-state index contributed by atoms with van der Waals surface area (Å²) in [6.07, 6.45) is 4.96. The average molecular weight is 236 g/mol. The lowest BCUT2D eigenvalue weighted by Crippen LogP contribution is -2.10. The largest absolute Gasteiger partial charge is 0.492 e. The van der Waals surface area contributed by atoms with Crippen LogP contribution in [-0.4, -0.2) is 11.6 Å². The highest BCUT2D eigenvalue weighted by atomic mass is 16.5. The third-order valence-corrected chi connectivity index (χ3v) is 2.77. The summed E-state index contributed by atoms with van der Waals surface area (Å²) in [4.78, 5) is 4.31. The molecule has 0 bridgehead atoms. The van der Waals surface area contributed by atoms with Crippen LogP contribution < -0.4 is 10.5 Å². The molecule has 96 valence electrons. The zero-order chi connectivity index (χ0) is 12.7. The summed E-state index contributed by atoms with van der Waals surface area (Å²) in [5, 5.41) is 0. The van der Waals surface area contributed by atoms with Crippen LogP contribution in [0.1, 0.15) is 51.8 Å². The second kappa shape index (κ2) is 7.28. The lowest BCUT2D eigenvalue weighted by molar-refractivity contribution is 0.296. The highest BCUT2D eigenvalue weighted by Crippen LogP contribution is 2.15. The molecule has 3 heteroatoms. The van der Waals surface area contributed by atoms with Crippen LogP contribution in [0.25, 0.3) is 0 Å². The number of nitrogens with two attached hydrogens (primary N) is 1. The molecule has 0 saturated heterocycles. The first kappa shape index (κ1) is 14.0. The van der Waals surface area contributed by atoms with Gasteiger partial charge in [-0.3, -0.25) is 4.98 Å². The standard InChI is InChI=1S/C14H24N2O/c1-4-13(15)14-8-7-12(10-16-14)17-9-5-6-11(2)3/h7-8,10-11,13H,4-6,9,15H2,1-3H3/t13-/m0/s1. The molecule has 1 heterocycles. The van der Waals surface area contributed by atoms with Gasteiger partial charge >= 0.3 is 0 Å². The van der Waals surface area contributed by atoms with Gasteiger partial charge < -0.3 is 10.5 Å².